The summed E-state index contributed by atoms with van der Waals surface area (Å²) in [7, 11) is 1.53. The molecule has 3 N–H and O–H groups in total. The average Bonchev–Trinajstić information content (AvgIpc) is 3.20. The first kappa shape index (κ1) is 21.2. The minimum atomic E-state index is -0.463. The largest absolute Gasteiger partial charge is 0.504 e. The Balaban J connectivity index is 1.90. The van der Waals surface area contributed by atoms with Crippen LogP contribution >= 0.6 is 0 Å². The highest BCUT2D eigenvalue weighted by Gasteiger charge is 2.31. The number of rotatable bonds is 9. The van der Waals surface area contributed by atoms with E-state index in [9.17, 15) is 15.3 Å². The van der Waals surface area contributed by atoms with E-state index < -0.39 is 6.79 Å². The van der Waals surface area contributed by atoms with Crippen molar-refractivity contribution in [2.75, 3.05) is 33.7 Å². The van der Waals surface area contributed by atoms with Gasteiger partial charge in [0, 0.05) is 36.7 Å². The molecule has 0 amide bonds. The van der Waals surface area contributed by atoms with Gasteiger partial charge in [0.15, 0.2) is 18.3 Å². The molecular weight excluding hydrogens is 376 g/mol. The van der Waals surface area contributed by atoms with Crippen LogP contribution in [-0.2, 0) is 11.2 Å². The van der Waals surface area contributed by atoms with Gasteiger partial charge >= 0.3 is 0 Å². The van der Waals surface area contributed by atoms with E-state index in [0.29, 0.717) is 42.4 Å². The molecule has 29 heavy (non-hydrogen) atoms. The summed E-state index contributed by atoms with van der Waals surface area (Å²) < 4.78 is 22.0. The zero-order valence-electron chi connectivity index (χ0n) is 16.8. The van der Waals surface area contributed by atoms with Gasteiger partial charge in [0.25, 0.3) is 0 Å². The molecule has 1 aliphatic rings. The normalized spacial score (nSPS) is 18.6. The van der Waals surface area contributed by atoms with Crippen LogP contribution in [-0.4, -0.2) is 49.0 Å². The second-order valence-electron chi connectivity index (χ2n) is 6.88. The molecule has 7 nitrogen and oxygen atoms in total. The molecule has 3 rings (SSSR count). The van der Waals surface area contributed by atoms with E-state index in [1.807, 2.05) is 25.1 Å². The fraction of sp³-hybridized carbons (Fsp3) is 0.455. The molecule has 2 aromatic rings. The summed E-state index contributed by atoms with van der Waals surface area (Å²) in [6.45, 7) is 2.40. The fourth-order valence-electron chi connectivity index (χ4n) is 3.68. The second kappa shape index (κ2) is 9.82. The third-order valence-corrected chi connectivity index (χ3v) is 5.14. The minimum absolute atomic E-state index is 0.00118. The van der Waals surface area contributed by atoms with Crippen LogP contribution in [0.3, 0.4) is 0 Å². The summed E-state index contributed by atoms with van der Waals surface area (Å²) in [5.74, 6) is 1.34. The van der Waals surface area contributed by atoms with Crippen LogP contribution in [0, 0.1) is 5.92 Å². The van der Waals surface area contributed by atoms with Crippen molar-refractivity contribution >= 4 is 0 Å². The molecule has 2 atom stereocenters. The molecule has 0 bridgehead atoms. The summed E-state index contributed by atoms with van der Waals surface area (Å²) in [6.07, 6.45) is 0.948. The van der Waals surface area contributed by atoms with Gasteiger partial charge in [0.1, 0.15) is 5.75 Å². The van der Waals surface area contributed by atoms with Crippen LogP contribution < -0.4 is 14.2 Å². The highest BCUT2D eigenvalue weighted by atomic mass is 16.6. The van der Waals surface area contributed by atoms with Gasteiger partial charge in [-0.25, -0.2) is 0 Å². The molecule has 1 fully saturated rings. The van der Waals surface area contributed by atoms with Crippen LogP contribution in [0.25, 0.3) is 0 Å². The van der Waals surface area contributed by atoms with Gasteiger partial charge in [0.2, 0.25) is 5.75 Å². The van der Waals surface area contributed by atoms with Crippen molar-refractivity contribution in [1.29, 1.82) is 0 Å². The van der Waals surface area contributed by atoms with E-state index in [0.717, 1.165) is 17.5 Å². The van der Waals surface area contributed by atoms with Gasteiger partial charge in [-0.15, -0.1) is 0 Å². The SMILES string of the molecule is CCOc1c(OC)ccc(Cc2ccc(C3OCCC3CO)c(OCO)c2)c1O. The Labute approximate surface area is 170 Å². The van der Waals surface area contributed by atoms with Crippen LogP contribution in [0.1, 0.15) is 36.1 Å². The van der Waals surface area contributed by atoms with Crippen molar-refractivity contribution in [3.8, 4) is 23.0 Å². The van der Waals surface area contributed by atoms with Crippen LogP contribution in [0.5, 0.6) is 23.0 Å². The third kappa shape index (κ3) is 4.58. The van der Waals surface area contributed by atoms with Crippen LogP contribution in [0.4, 0.5) is 0 Å². The number of ether oxygens (including phenoxy) is 4. The standard InChI is InChI=1S/C22H28O7/c1-3-27-22-18(26-2)7-5-15(20(22)25)10-14-4-6-17(19(11-14)29-13-24)21-16(12-23)8-9-28-21/h4-7,11,16,21,23-25H,3,8-10,12-13H2,1-2H3. The van der Waals surface area contributed by atoms with E-state index in [1.165, 1.54) is 7.11 Å². The summed E-state index contributed by atoms with van der Waals surface area (Å²) in [4.78, 5) is 0. The van der Waals surface area contributed by atoms with Gasteiger partial charge in [-0.2, -0.15) is 0 Å². The van der Waals surface area contributed by atoms with Gasteiger partial charge in [0.05, 0.1) is 19.8 Å². The molecule has 158 valence electrons. The van der Waals surface area contributed by atoms with Crippen LogP contribution in [0.15, 0.2) is 30.3 Å². The molecule has 1 heterocycles. The first-order valence-electron chi connectivity index (χ1n) is 9.73. The molecule has 7 heteroatoms. The monoisotopic (exact) mass is 404 g/mol. The Hall–Kier alpha value is -2.48. The van der Waals surface area contributed by atoms with Gasteiger partial charge in [-0.05, 0) is 31.0 Å². The number of aliphatic hydroxyl groups excluding tert-OH is 2. The maximum Gasteiger partial charge on any atom is 0.203 e. The highest BCUT2D eigenvalue weighted by molar-refractivity contribution is 5.56. The predicted molar refractivity (Wildman–Crippen MR) is 107 cm³/mol. The lowest BCUT2D eigenvalue weighted by Gasteiger charge is -2.21. The molecule has 1 aliphatic heterocycles. The Bertz CT molecular complexity index is 821. The molecule has 1 saturated heterocycles. The minimum Gasteiger partial charge on any atom is -0.504 e. The molecule has 0 aromatic heterocycles. The van der Waals surface area contributed by atoms with Crippen molar-refractivity contribution in [2.45, 2.75) is 25.9 Å². The first-order valence-corrected chi connectivity index (χ1v) is 9.73. The van der Waals surface area contributed by atoms with E-state index in [1.54, 1.807) is 12.1 Å². The number of methoxy groups -OCH3 is 1. The third-order valence-electron chi connectivity index (χ3n) is 5.14. The first-order chi connectivity index (χ1) is 14.1. The average molecular weight is 404 g/mol. The van der Waals surface area contributed by atoms with Crippen molar-refractivity contribution in [3.05, 3.63) is 47.0 Å². The van der Waals surface area contributed by atoms with Crippen molar-refractivity contribution < 1.29 is 34.3 Å². The number of aromatic hydroxyl groups is 1. The van der Waals surface area contributed by atoms with Crippen molar-refractivity contribution in [1.82, 2.24) is 0 Å². The summed E-state index contributed by atoms with van der Waals surface area (Å²) in [5, 5.41) is 29.5. The molecular formula is C22H28O7. The molecule has 0 radical (unpaired) electrons. The zero-order chi connectivity index (χ0) is 20.8. The van der Waals surface area contributed by atoms with E-state index >= 15 is 0 Å². The Morgan fingerprint density at radius 2 is 1.93 bits per heavy atom. The van der Waals surface area contributed by atoms with Crippen LogP contribution in [0.2, 0.25) is 0 Å². The molecule has 0 saturated carbocycles. The van der Waals surface area contributed by atoms with E-state index in [4.69, 9.17) is 18.9 Å². The zero-order valence-corrected chi connectivity index (χ0v) is 16.8. The van der Waals surface area contributed by atoms with Gasteiger partial charge in [-0.3, -0.25) is 0 Å². The summed E-state index contributed by atoms with van der Waals surface area (Å²) in [5.41, 5.74) is 2.37. The number of phenols is 1. The van der Waals surface area contributed by atoms with Crippen molar-refractivity contribution in [2.24, 2.45) is 5.92 Å². The quantitative estimate of drug-likeness (QED) is 0.553. The number of hydrogen-bond donors (Lipinski definition) is 3. The lowest BCUT2D eigenvalue weighted by molar-refractivity contribution is 0.0613. The number of hydrogen-bond acceptors (Lipinski definition) is 7. The van der Waals surface area contributed by atoms with Gasteiger partial charge in [-0.1, -0.05) is 18.2 Å². The molecule has 0 spiro atoms. The highest BCUT2D eigenvalue weighted by Crippen LogP contribution is 2.42. The number of aliphatic hydroxyl groups is 2. The summed E-state index contributed by atoms with van der Waals surface area (Å²) in [6, 6.07) is 9.20. The molecule has 2 aromatic carbocycles. The Morgan fingerprint density at radius 1 is 1.10 bits per heavy atom. The Kier molecular flexibility index (Phi) is 7.19. The van der Waals surface area contributed by atoms with Crippen molar-refractivity contribution in [3.63, 3.8) is 0 Å². The van der Waals surface area contributed by atoms with E-state index in [-0.39, 0.29) is 24.4 Å². The smallest absolute Gasteiger partial charge is 0.203 e. The fourth-order valence-corrected chi connectivity index (χ4v) is 3.68. The maximum atomic E-state index is 10.6. The Morgan fingerprint density at radius 3 is 2.62 bits per heavy atom. The predicted octanol–water partition coefficient (Wildman–Crippen LogP) is 2.79. The number of benzene rings is 2. The second-order valence-corrected chi connectivity index (χ2v) is 6.88. The lowest BCUT2D eigenvalue weighted by atomic mass is 9.93. The lowest BCUT2D eigenvalue weighted by Crippen LogP contribution is -2.13. The topological polar surface area (TPSA) is 97.6 Å². The maximum absolute atomic E-state index is 10.6. The summed E-state index contributed by atoms with van der Waals surface area (Å²) >= 11 is 0. The molecule has 2 unspecified atom stereocenters. The van der Waals surface area contributed by atoms with Gasteiger partial charge < -0.3 is 34.3 Å². The molecule has 0 aliphatic carbocycles. The van der Waals surface area contributed by atoms with E-state index in [2.05, 4.69) is 0 Å². The number of phenolic OH excluding ortho intramolecular Hbond substituents is 1.